The maximum Gasteiger partial charge on any atom is 0.131 e. The summed E-state index contributed by atoms with van der Waals surface area (Å²) in [5.74, 6) is 2.58. The molecule has 0 spiro atoms. The molecule has 0 aliphatic rings. The number of aryl methyl sites for hydroxylation is 2. The van der Waals surface area contributed by atoms with Crippen molar-refractivity contribution in [1.29, 1.82) is 0 Å². The van der Waals surface area contributed by atoms with Gasteiger partial charge >= 0.3 is 0 Å². The van der Waals surface area contributed by atoms with Gasteiger partial charge in [-0.3, -0.25) is 4.68 Å². The van der Waals surface area contributed by atoms with Crippen molar-refractivity contribution < 1.29 is 0 Å². The van der Waals surface area contributed by atoms with Crippen LogP contribution in [0.4, 0.5) is 5.82 Å². The summed E-state index contributed by atoms with van der Waals surface area (Å²) in [6.07, 6.45) is 0. The van der Waals surface area contributed by atoms with E-state index in [1.807, 2.05) is 4.68 Å². The van der Waals surface area contributed by atoms with Gasteiger partial charge in [0.1, 0.15) is 5.82 Å². The summed E-state index contributed by atoms with van der Waals surface area (Å²) in [6.45, 7) is 17.4. The van der Waals surface area contributed by atoms with E-state index in [9.17, 15) is 0 Å². The third-order valence-electron chi connectivity index (χ3n) is 3.34. The van der Waals surface area contributed by atoms with E-state index >= 15 is 0 Å². The van der Waals surface area contributed by atoms with Crippen molar-refractivity contribution in [1.82, 2.24) is 15.1 Å². The first kappa shape index (κ1) is 17.0. The van der Waals surface area contributed by atoms with E-state index in [2.05, 4.69) is 63.9 Å². The topological polar surface area (TPSA) is 33.1 Å². The second-order valence-electron chi connectivity index (χ2n) is 6.48. The molecular weight excluding hydrogens is 248 g/mol. The molecule has 1 heterocycles. The van der Waals surface area contributed by atoms with Crippen LogP contribution in [0.3, 0.4) is 0 Å². The molecular formula is C16H32N4. The molecule has 0 aliphatic heterocycles. The summed E-state index contributed by atoms with van der Waals surface area (Å²) in [5.41, 5.74) is 2.48. The molecule has 4 heteroatoms. The van der Waals surface area contributed by atoms with Crippen LogP contribution in [-0.4, -0.2) is 29.4 Å². The predicted molar refractivity (Wildman–Crippen MR) is 87.2 cm³/mol. The first-order valence-electron chi connectivity index (χ1n) is 7.84. The molecule has 0 aliphatic carbocycles. The molecule has 1 rings (SSSR count). The molecule has 0 fully saturated rings. The fraction of sp³-hybridized carbons (Fsp3) is 0.812. The molecule has 4 nitrogen and oxygen atoms in total. The van der Waals surface area contributed by atoms with Gasteiger partial charge in [-0.15, -0.1) is 0 Å². The van der Waals surface area contributed by atoms with Gasteiger partial charge in [-0.2, -0.15) is 5.10 Å². The van der Waals surface area contributed by atoms with Crippen molar-refractivity contribution in [3.8, 4) is 0 Å². The molecule has 0 atom stereocenters. The Hall–Kier alpha value is -1.03. The zero-order chi connectivity index (χ0) is 15.3. The summed E-state index contributed by atoms with van der Waals surface area (Å²) in [4.78, 5) is 2.50. The van der Waals surface area contributed by atoms with Gasteiger partial charge in [-0.05, 0) is 25.3 Å². The number of aromatic nitrogens is 2. The first-order chi connectivity index (χ1) is 9.36. The summed E-state index contributed by atoms with van der Waals surface area (Å²) in [6, 6.07) is 0. The number of anilines is 1. The summed E-state index contributed by atoms with van der Waals surface area (Å²) in [7, 11) is 2.06. The van der Waals surface area contributed by atoms with Gasteiger partial charge in [0.15, 0.2) is 0 Å². The summed E-state index contributed by atoms with van der Waals surface area (Å²) in [5, 5.41) is 8.08. The van der Waals surface area contributed by atoms with Crippen LogP contribution in [-0.2, 0) is 13.6 Å². The molecule has 20 heavy (non-hydrogen) atoms. The third kappa shape index (κ3) is 4.51. The van der Waals surface area contributed by atoms with Crippen LogP contribution in [0.25, 0.3) is 0 Å². The van der Waals surface area contributed by atoms with E-state index in [4.69, 9.17) is 0 Å². The highest BCUT2D eigenvalue weighted by Crippen LogP contribution is 2.25. The molecule has 1 N–H and O–H groups in total. The molecule has 0 saturated heterocycles. The summed E-state index contributed by atoms with van der Waals surface area (Å²) < 4.78 is 2.05. The Bertz CT molecular complexity index is 397. The minimum atomic E-state index is 0.649. The SMILES string of the molecule is CCNCc1c(C)nn(C)c1N(CC(C)C)CC(C)C. The van der Waals surface area contributed by atoms with Crippen LogP contribution in [0, 0.1) is 18.8 Å². The van der Waals surface area contributed by atoms with Crippen LogP contribution >= 0.6 is 0 Å². The molecule has 1 aromatic heterocycles. The smallest absolute Gasteiger partial charge is 0.131 e. The van der Waals surface area contributed by atoms with Crippen molar-refractivity contribution in [2.45, 2.75) is 48.1 Å². The molecule has 116 valence electrons. The molecule has 0 bridgehead atoms. The fourth-order valence-corrected chi connectivity index (χ4v) is 2.67. The monoisotopic (exact) mass is 280 g/mol. The lowest BCUT2D eigenvalue weighted by Crippen LogP contribution is -2.34. The van der Waals surface area contributed by atoms with E-state index in [0.717, 1.165) is 31.9 Å². The largest absolute Gasteiger partial charge is 0.356 e. The van der Waals surface area contributed by atoms with E-state index in [1.54, 1.807) is 0 Å². The maximum atomic E-state index is 4.63. The van der Waals surface area contributed by atoms with E-state index in [0.29, 0.717) is 11.8 Å². The Kier molecular flexibility index (Phi) is 6.53. The zero-order valence-corrected chi connectivity index (χ0v) is 14.3. The van der Waals surface area contributed by atoms with Crippen LogP contribution in [0.1, 0.15) is 45.9 Å². The maximum absolute atomic E-state index is 4.63. The third-order valence-corrected chi connectivity index (χ3v) is 3.34. The van der Waals surface area contributed by atoms with E-state index < -0.39 is 0 Å². The van der Waals surface area contributed by atoms with Gasteiger partial charge in [0, 0.05) is 32.2 Å². The zero-order valence-electron chi connectivity index (χ0n) is 14.3. The van der Waals surface area contributed by atoms with Crippen molar-refractivity contribution in [3.05, 3.63) is 11.3 Å². The minimum Gasteiger partial charge on any atom is -0.356 e. The summed E-state index contributed by atoms with van der Waals surface area (Å²) >= 11 is 0. The Morgan fingerprint density at radius 1 is 1.15 bits per heavy atom. The number of hydrogen-bond donors (Lipinski definition) is 1. The fourth-order valence-electron chi connectivity index (χ4n) is 2.67. The van der Waals surface area contributed by atoms with E-state index in [-0.39, 0.29) is 0 Å². The first-order valence-corrected chi connectivity index (χ1v) is 7.84. The molecule has 0 unspecified atom stereocenters. The van der Waals surface area contributed by atoms with Gasteiger partial charge in [0.2, 0.25) is 0 Å². The normalized spacial score (nSPS) is 11.7. The van der Waals surface area contributed by atoms with Gasteiger partial charge in [-0.25, -0.2) is 0 Å². The highest BCUT2D eigenvalue weighted by molar-refractivity contribution is 5.50. The number of hydrogen-bond acceptors (Lipinski definition) is 3. The van der Waals surface area contributed by atoms with Gasteiger partial charge < -0.3 is 10.2 Å². The van der Waals surface area contributed by atoms with Crippen LogP contribution in [0.2, 0.25) is 0 Å². The standard InChI is InChI=1S/C16H32N4/c1-8-17-9-15-14(6)18-19(7)16(15)20(10-12(2)3)11-13(4)5/h12-13,17H,8-11H2,1-7H3. The molecule has 0 aromatic carbocycles. The highest BCUT2D eigenvalue weighted by Gasteiger charge is 2.20. The molecule has 1 aromatic rings. The van der Waals surface area contributed by atoms with Gasteiger partial charge in [-0.1, -0.05) is 34.6 Å². The highest BCUT2D eigenvalue weighted by atomic mass is 15.4. The Balaban J connectivity index is 3.09. The second kappa shape index (κ2) is 7.67. The average Bonchev–Trinajstić information content (AvgIpc) is 2.59. The van der Waals surface area contributed by atoms with Crippen molar-refractivity contribution in [3.63, 3.8) is 0 Å². The lowest BCUT2D eigenvalue weighted by molar-refractivity contribution is 0.536. The number of nitrogens with zero attached hydrogens (tertiary/aromatic N) is 3. The molecule has 0 saturated carbocycles. The average molecular weight is 280 g/mol. The van der Waals surface area contributed by atoms with Gasteiger partial charge in [0.25, 0.3) is 0 Å². The Morgan fingerprint density at radius 2 is 1.70 bits per heavy atom. The van der Waals surface area contributed by atoms with Crippen molar-refractivity contribution in [2.75, 3.05) is 24.5 Å². The Labute approximate surface area is 124 Å². The number of nitrogens with one attached hydrogen (secondary N) is 1. The van der Waals surface area contributed by atoms with Crippen molar-refractivity contribution >= 4 is 5.82 Å². The predicted octanol–water partition coefficient (Wildman–Crippen LogP) is 2.96. The second-order valence-corrected chi connectivity index (χ2v) is 6.48. The number of rotatable bonds is 8. The Morgan fingerprint density at radius 3 is 2.15 bits per heavy atom. The van der Waals surface area contributed by atoms with Crippen LogP contribution in [0.5, 0.6) is 0 Å². The molecule has 0 amide bonds. The minimum absolute atomic E-state index is 0.649. The molecule has 0 radical (unpaired) electrons. The van der Waals surface area contributed by atoms with Crippen LogP contribution < -0.4 is 10.2 Å². The van der Waals surface area contributed by atoms with Gasteiger partial charge in [0.05, 0.1) is 5.69 Å². The van der Waals surface area contributed by atoms with Crippen molar-refractivity contribution in [2.24, 2.45) is 18.9 Å². The lowest BCUT2D eigenvalue weighted by Gasteiger charge is -2.29. The lowest BCUT2D eigenvalue weighted by atomic mass is 10.1. The van der Waals surface area contributed by atoms with E-state index in [1.165, 1.54) is 11.4 Å². The van der Waals surface area contributed by atoms with Crippen LogP contribution in [0.15, 0.2) is 0 Å². The quantitative estimate of drug-likeness (QED) is 0.795.